The van der Waals surface area contributed by atoms with Crippen molar-refractivity contribution in [1.29, 1.82) is 0 Å². The molecule has 1 rings (SSSR count). The second kappa shape index (κ2) is 6.78. The van der Waals surface area contributed by atoms with Gasteiger partial charge in [0.25, 0.3) is 0 Å². The summed E-state index contributed by atoms with van der Waals surface area (Å²) < 4.78 is 9.70. The fraction of sp³-hybridized carbons (Fsp3) is 0.429. The van der Waals surface area contributed by atoms with Crippen LogP contribution in [0, 0.1) is 5.92 Å². The van der Waals surface area contributed by atoms with Gasteiger partial charge in [-0.05, 0) is 30.7 Å². The van der Waals surface area contributed by atoms with Gasteiger partial charge in [-0.1, -0.05) is 6.92 Å². The maximum Gasteiger partial charge on any atom is 0.318 e. The second-order valence-corrected chi connectivity index (χ2v) is 4.08. The summed E-state index contributed by atoms with van der Waals surface area (Å²) in [6, 6.07) is 7.05. The van der Waals surface area contributed by atoms with Crippen LogP contribution >= 0.6 is 0 Å². The molecule has 1 aromatic rings. The van der Waals surface area contributed by atoms with E-state index in [-0.39, 0.29) is 5.91 Å². The number of nitrogens with zero attached hydrogens (tertiary/aromatic N) is 1. The van der Waals surface area contributed by atoms with Crippen molar-refractivity contribution in [2.45, 2.75) is 13.3 Å². The first-order chi connectivity index (χ1) is 9.04. The monoisotopic (exact) mass is 265 g/mol. The molecule has 0 saturated carbocycles. The number of carbonyl (C=O) groups is 2. The summed E-state index contributed by atoms with van der Waals surface area (Å²) in [5, 5.41) is 0. The molecule has 0 saturated heterocycles. The van der Waals surface area contributed by atoms with Gasteiger partial charge in [-0.2, -0.15) is 0 Å². The van der Waals surface area contributed by atoms with Gasteiger partial charge in [-0.25, -0.2) is 0 Å². The van der Waals surface area contributed by atoms with Gasteiger partial charge in [0.2, 0.25) is 5.91 Å². The van der Waals surface area contributed by atoms with E-state index in [2.05, 4.69) is 4.74 Å². The predicted molar refractivity (Wildman–Crippen MR) is 72.2 cm³/mol. The molecule has 1 amide bonds. The fourth-order valence-corrected chi connectivity index (χ4v) is 1.75. The highest BCUT2D eigenvalue weighted by molar-refractivity contribution is 6.05. The van der Waals surface area contributed by atoms with Gasteiger partial charge in [0, 0.05) is 12.7 Å². The molecule has 0 spiro atoms. The van der Waals surface area contributed by atoms with E-state index in [1.165, 1.54) is 12.0 Å². The van der Waals surface area contributed by atoms with Gasteiger partial charge in [-0.15, -0.1) is 0 Å². The molecule has 0 radical (unpaired) electrons. The van der Waals surface area contributed by atoms with Crippen LogP contribution in [0.4, 0.5) is 5.69 Å². The summed E-state index contributed by atoms with van der Waals surface area (Å²) >= 11 is 0. The van der Waals surface area contributed by atoms with Crippen molar-refractivity contribution >= 4 is 17.6 Å². The number of amides is 1. The molecule has 0 fully saturated rings. The van der Waals surface area contributed by atoms with Crippen molar-refractivity contribution in [3.63, 3.8) is 0 Å². The Morgan fingerprint density at radius 2 is 1.79 bits per heavy atom. The van der Waals surface area contributed by atoms with Gasteiger partial charge < -0.3 is 14.4 Å². The van der Waals surface area contributed by atoms with Gasteiger partial charge in [0.05, 0.1) is 14.2 Å². The fourth-order valence-electron chi connectivity index (χ4n) is 1.75. The summed E-state index contributed by atoms with van der Waals surface area (Å²) in [5.41, 5.74) is 0.702. The van der Waals surface area contributed by atoms with Gasteiger partial charge in [0.1, 0.15) is 11.7 Å². The zero-order valence-electron chi connectivity index (χ0n) is 11.7. The minimum absolute atomic E-state index is 0.278. The SMILES string of the molecule is CCC(C(=O)OC)C(=O)N(C)c1ccc(OC)cc1. The third kappa shape index (κ3) is 3.47. The molecule has 0 aliphatic heterocycles. The Labute approximate surface area is 113 Å². The topological polar surface area (TPSA) is 55.8 Å². The molecule has 19 heavy (non-hydrogen) atoms. The highest BCUT2D eigenvalue weighted by Crippen LogP contribution is 2.20. The van der Waals surface area contributed by atoms with Crippen LogP contribution in [0.1, 0.15) is 13.3 Å². The number of carbonyl (C=O) groups excluding carboxylic acids is 2. The van der Waals surface area contributed by atoms with Crippen LogP contribution < -0.4 is 9.64 Å². The van der Waals surface area contributed by atoms with Gasteiger partial charge in [0.15, 0.2) is 0 Å². The Bertz CT molecular complexity index is 441. The van der Waals surface area contributed by atoms with Crippen LogP contribution in [0.5, 0.6) is 5.75 Å². The van der Waals surface area contributed by atoms with E-state index in [1.807, 2.05) is 0 Å². The molecule has 1 atom stereocenters. The third-order valence-corrected chi connectivity index (χ3v) is 2.98. The summed E-state index contributed by atoms with van der Waals surface area (Å²) in [7, 11) is 4.50. The Balaban J connectivity index is 2.88. The first-order valence-electron chi connectivity index (χ1n) is 6.04. The van der Waals surface area contributed by atoms with E-state index < -0.39 is 11.9 Å². The molecule has 0 heterocycles. The van der Waals surface area contributed by atoms with E-state index in [0.717, 1.165) is 0 Å². The normalized spacial score (nSPS) is 11.6. The molecular formula is C14H19NO4. The first kappa shape index (κ1) is 15.0. The van der Waals surface area contributed by atoms with E-state index in [0.29, 0.717) is 17.9 Å². The summed E-state index contributed by atoms with van der Waals surface area (Å²) in [5.74, 6) is -0.839. The van der Waals surface area contributed by atoms with Crippen LogP contribution in [0.15, 0.2) is 24.3 Å². The quantitative estimate of drug-likeness (QED) is 0.602. The number of methoxy groups -OCH3 is 2. The zero-order valence-corrected chi connectivity index (χ0v) is 11.7. The predicted octanol–water partition coefficient (Wildman–Crippen LogP) is 1.86. The summed E-state index contributed by atoms with van der Waals surface area (Å²) in [6.07, 6.45) is 0.409. The third-order valence-electron chi connectivity index (χ3n) is 2.98. The lowest BCUT2D eigenvalue weighted by Gasteiger charge is -2.21. The summed E-state index contributed by atoms with van der Waals surface area (Å²) in [6.45, 7) is 1.78. The van der Waals surface area contributed by atoms with Crippen LogP contribution in [-0.2, 0) is 14.3 Å². The van der Waals surface area contributed by atoms with E-state index in [1.54, 1.807) is 45.3 Å². The first-order valence-corrected chi connectivity index (χ1v) is 6.04. The van der Waals surface area contributed by atoms with E-state index in [9.17, 15) is 9.59 Å². The molecule has 0 N–H and O–H groups in total. The van der Waals surface area contributed by atoms with Crippen LogP contribution in [0.2, 0.25) is 0 Å². The smallest absolute Gasteiger partial charge is 0.318 e. The van der Waals surface area contributed by atoms with Crippen LogP contribution in [-0.4, -0.2) is 33.1 Å². The molecule has 104 valence electrons. The van der Waals surface area contributed by atoms with Crippen molar-refractivity contribution in [3.8, 4) is 5.75 Å². The molecule has 1 unspecified atom stereocenters. The van der Waals surface area contributed by atoms with Crippen molar-refractivity contribution in [3.05, 3.63) is 24.3 Å². The Morgan fingerprint density at radius 3 is 2.21 bits per heavy atom. The average molecular weight is 265 g/mol. The van der Waals surface area contributed by atoms with Crippen molar-refractivity contribution in [2.24, 2.45) is 5.92 Å². The highest BCUT2D eigenvalue weighted by Gasteiger charge is 2.28. The largest absolute Gasteiger partial charge is 0.497 e. The average Bonchev–Trinajstić information content (AvgIpc) is 2.46. The van der Waals surface area contributed by atoms with Crippen LogP contribution in [0.3, 0.4) is 0 Å². The molecule has 5 heteroatoms. The Morgan fingerprint density at radius 1 is 1.21 bits per heavy atom. The van der Waals surface area contributed by atoms with Crippen molar-refractivity contribution in [1.82, 2.24) is 0 Å². The molecule has 0 aliphatic rings. The lowest BCUT2D eigenvalue weighted by atomic mass is 10.1. The molecule has 0 aliphatic carbocycles. The zero-order chi connectivity index (χ0) is 14.4. The number of hydrogen-bond donors (Lipinski definition) is 0. The maximum atomic E-state index is 12.2. The molecule has 0 aromatic heterocycles. The maximum absolute atomic E-state index is 12.2. The minimum Gasteiger partial charge on any atom is -0.497 e. The number of ether oxygens (including phenoxy) is 2. The molecule has 0 bridgehead atoms. The van der Waals surface area contributed by atoms with Crippen molar-refractivity contribution < 1.29 is 19.1 Å². The van der Waals surface area contributed by atoms with Gasteiger partial charge >= 0.3 is 5.97 Å². The second-order valence-electron chi connectivity index (χ2n) is 4.08. The van der Waals surface area contributed by atoms with E-state index in [4.69, 9.17) is 4.74 Å². The Hall–Kier alpha value is -2.04. The van der Waals surface area contributed by atoms with Crippen LogP contribution in [0.25, 0.3) is 0 Å². The number of anilines is 1. The lowest BCUT2D eigenvalue weighted by molar-refractivity contribution is -0.149. The standard InChI is InChI=1S/C14H19NO4/c1-5-12(14(17)19-4)13(16)15(2)10-6-8-11(18-3)9-7-10/h6-9,12H,5H2,1-4H3. The number of esters is 1. The van der Waals surface area contributed by atoms with Gasteiger partial charge in [-0.3, -0.25) is 9.59 Å². The molecule has 5 nitrogen and oxygen atoms in total. The number of rotatable bonds is 5. The number of benzene rings is 1. The number of hydrogen-bond acceptors (Lipinski definition) is 4. The molecular weight excluding hydrogens is 246 g/mol. The molecule has 1 aromatic carbocycles. The van der Waals surface area contributed by atoms with Crippen molar-refractivity contribution in [2.75, 3.05) is 26.2 Å². The highest BCUT2D eigenvalue weighted by atomic mass is 16.5. The summed E-state index contributed by atoms with van der Waals surface area (Å²) in [4.78, 5) is 25.2. The lowest BCUT2D eigenvalue weighted by Crippen LogP contribution is -2.37. The Kier molecular flexibility index (Phi) is 5.36. The minimum atomic E-state index is -0.767. The van der Waals surface area contributed by atoms with E-state index >= 15 is 0 Å².